The summed E-state index contributed by atoms with van der Waals surface area (Å²) < 4.78 is 5.54. The number of rotatable bonds is 5. The van der Waals surface area contributed by atoms with Crippen molar-refractivity contribution >= 4 is 0 Å². The van der Waals surface area contributed by atoms with Crippen LogP contribution in [0.15, 0.2) is 24.3 Å². The minimum atomic E-state index is 0.349. The van der Waals surface area contributed by atoms with Crippen molar-refractivity contribution in [3.8, 4) is 5.75 Å². The molecule has 0 bridgehead atoms. The number of para-hydroxylation sites is 1. The molecule has 1 aromatic carbocycles. The van der Waals surface area contributed by atoms with Crippen LogP contribution in [0.1, 0.15) is 43.7 Å². The van der Waals surface area contributed by atoms with Crippen LogP contribution in [-0.4, -0.2) is 38.2 Å². The van der Waals surface area contributed by atoms with Crippen LogP contribution in [0.5, 0.6) is 5.75 Å². The Morgan fingerprint density at radius 1 is 1.24 bits per heavy atom. The zero-order valence-corrected chi connectivity index (χ0v) is 13.3. The van der Waals surface area contributed by atoms with Crippen molar-refractivity contribution in [2.45, 2.75) is 44.2 Å². The first-order valence-corrected chi connectivity index (χ1v) is 8.37. The predicted molar refractivity (Wildman–Crippen MR) is 86.7 cm³/mol. The van der Waals surface area contributed by atoms with E-state index in [2.05, 4.69) is 35.5 Å². The fourth-order valence-corrected chi connectivity index (χ4v) is 4.26. The number of nitrogens with one attached hydrogen (secondary N) is 1. The van der Waals surface area contributed by atoms with Crippen LogP contribution in [0.4, 0.5) is 0 Å². The number of methoxy groups -OCH3 is 1. The van der Waals surface area contributed by atoms with Gasteiger partial charge in [-0.25, -0.2) is 0 Å². The Balaban J connectivity index is 1.72. The second kappa shape index (κ2) is 6.80. The number of nitrogens with zero attached hydrogens (tertiary/aromatic N) is 1. The largest absolute Gasteiger partial charge is 0.496 e. The predicted octanol–water partition coefficient (Wildman–Crippen LogP) is 3.22. The highest BCUT2D eigenvalue weighted by Crippen LogP contribution is 2.37. The maximum Gasteiger partial charge on any atom is 0.123 e. The molecule has 1 aliphatic heterocycles. The number of hydrogen-bond donors (Lipinski definition) is 1. The van der Waals surface area contributed by atoms with Gasteiger partial charge < -0.3 is 10.1 Å². The molecule has 1 aromatic rings. The molecular formula is C18H28N2O. The summed E-state index contributed by atoms with van der Waals surface area (Å²) in [6.45, 7) is 2.36. The summed E-state index contributed by atoms with van der Waals surface area (Å²) in [6.07, 6.45) is 7.09. The Morgan fingerprint density at radius 3 is 2.86 bits per heavy atom. The molecule has 3 unspecified atom stereocenters. The third kappa shape index (κ3) is 3.09. The average Bonchev–Trinajstić information content (AvgIpc) is 2.95. The van der Waals surface area contributed by atoms with Crippen molar-refractivity contribution in [3.63, 3.8) is 0 Å². The molecule has 21 heavy (non-hydrogen) atoms. The Hall–Kier alpha value is -1.06. The molecule has 116 valence electrons. The molecule has 0 radical (unpaired) electrons. The van der Waals surface area contributed by atoms with Crippen LogP contribution in [0, 0.1) is 5.92 Å². The molecule has 3 atom stereocenters. The highest BCUT2D eigenvalue weighted by molar-refractivity contribution is 5.36. The van der Waals surface area contributed by atoms with Crippen molar-refractivity contribution in [2.24, 2.45) is 5.92 Å². The lowest BCUT2D eigenvalue weighted by Crippen LogP contribution is -2.40. The minimum Gasteiger partial charge on any atom is -0.496 e. The van der Waals surface area contributed by atoms with E-state index in [1.54, 1.807) is 7.11 Å². The fourth-order valence-electron chi connectivity index (χ4n) is 4.26. The fraction of sp³-hybridized carbons (Fsp3) is 0.667. The van der Waals surface area contributed by atoms with Gasteiger partial charge in [0.1, 0.15) is 5.75 Å². The van der Waals surface area contributed by atoms with Crippen LogP contribution >= 0.6 is 0 Å². The number of benzene rings is 1. The maximum absolute atomic E-state index is 5.54. The summed E-state index contributed by atoms with van der Waals surface area (Å²) in [5, 5.41) is 3.49. The van der Waals surface area contributed by atoms with Crippen LogP contribution in [0.2, 0.25) is 0 Å². The zero-order chi connectivity index (χ0) is 14.7. The van der Waals surface area contributed by atoms with E-state index in [9.17, 15) is 0 Å². The van der Waals surface area contributed by atoms with Crippen molar-refractivity contribution in [1.82, 2.24) is 10.2 Å². The number of ether oxygens (including phenoxy) is 1. The van der Waals surface area contributed by atoms with Gasteiger partial charge in [0.05, 0.1) is 7.11 Å². The minimum absolute atomic E-state index is 0.349. The monoisotopic (exact) mass is 288 g/mol. The molecule has 1 heterocycles. The Labute approximate surface area is 128 Å². The summed E-state index contributed by atoms with van der Waals surface area (Å²) in [7, 11) is 3.82. The van der Waals surface area contributed by atoms with Gasteiger partial charge in [-0.05, 0) is 44.8 Å². The Kier molecular flexibility index (Phi) is 4.81. The summed E-state index contributed by atoms with van der Waals surface area (Å²) in [6, 6.07) is 9.57. The molecule has 1 saturated heterocycles. The molecule has 0 amide bonds. The third-order valence-electron chi connectivity index (χ3n) is 5.40. The summed E-state index contributed by atoms with van der Waals surface area (Å²) in [5.74, 6) is 1.95. The highest BCUT2D eigenvalue weighted by atomic mass is 16.5. The molecule has 3 heteroatoms. The van der Waals surface area contributed by atoms with Crippen LogP contribution < -0.4 is 10.1 Å². The lowest BCUT2D eigenvalue weighted by atomic mass is 9.85. The molecular weight excluding hydrogens is 260 g/mol. The van der Waals surface area contributed by atoms with E-state index in [4.69, 9.17) is 4.74 Å². The highest BCUT2D eigenvalue weighted by Gasteiger charge is 2.36. The van der Waals surface area contributed by atoms with Gasteiger partial charge in [0.15, 0.2) is 0 Å². The van der Waals surface area contributed by atoms with E-state index < -0.39 is 0 Å². The van der Waals surface area contributed by atoms with Gasteiger partial charge in [-0.2, -0.15) is 0 Å². The summed E-state index contributed by atoms with van der Waals surface area (Å²) in [4.78, 5) is 2.72. The molecule has 0 aromatic heterocycles. The first kappa shape index (κ1) is 14.9. The molecule has 3 rings (SSSR count). The molecule has 0 spiro atoms. The van der Waals surface area contributed by atoms with Gasteiger partial charge >= 0.3 is 0 Å². The standard InChI is InChI=1S/C18H28N2O/c1-19-16(15-8-4-6-10-18(15)21-2)13-20-12-11-14-7-3-5-9-17(14)20/h4,6,8,10,14,16-17,19H,3,5,7,9,11-13H2,1-2H3. The van der Waals surface area contributed by atoms with Gasteiger partial charge in [0, 0.05) is 24.2 Å². The van der Waals surface area contributed by atoms with Gasteiger partial charge in [-0.1, -0.05) is 31.0 Å². The zero-order valence-electron chi connectivity index (χ0n) is 13.3. The topological polar surface area (TPSA) is 24.5 Å². The van der Waals surface area contributed by atoms with Crippen LogP contribution in [0.25, 0.3) is 0 Å². The molecule has 1 saturated carbocycles. The molecule has 1 aliphatic carbocycles. The number of hydrogen-bond acceptors (Lipinski definition) is 3. The molecule has 2 fully saturated rings. The van der Waals surface area contributed by atoms with E-state index in [0.717, 1.165) is 24.3 Å². The Bertz CT molecular complexity index is 462. The maximum atomic E-state index is 5.54. The number of likely N-dealkylation sites (tertiary alicyclic amines) is 1. The van der Waals surface area contributed by atoms with E-state index >= 15 is 0 Å². The average molecular weight is 288 g/mol. The van der Waals surface area contributed by atoms with Gasteiger partial charge in [0.25, 0.3) is 0 Å². The van der Waals surface area contributed by atoms with Crippen LogP contribution in [0.3, 0.4) is 0 Å². The molecule has 2 aliphatic rings. The molecule has 1 N–H and O–H groups in total. The van der Waals surface area contributed by atoms with Crippen molar-refractivity contribution in [1.29, 1.82) is 0 Å². The van der Waals surface area contributed by atoms with Gasteiger partial charge in [-0.3, -0.25) is 4.90 Å². The van der Waals surface area contributed by atoms with E-state index in [1.165, 1.54) is 44.2 Å². The van der Waals surface area contributed by atoms with Gasteiger partial charge in [0.2, 0.25) is 0 Å². The van der Waals surface area contributed by atoms with Crippen molar-refractivity contribution < 1.29 is 4.74 Å². The molecule has 3 nitrogen and oxygen atoms in total. The lowest BCUT2D eigenvalue weighted by Gasteiger charge is -2.34. The van der Waals surface area contributed by atoms with E-state index in [1.807, 2.05) is 6.07 Å². The quantitative estimate of drug-likeness (QED) is 0.900. The first-order valence-electron chi connectivity index (χ1n) is 8.37. The summed E-state index contributed by atoms with van der Waals surface area (Å²) in [5.41, 5.74) is 1.28. The summed E-state index contributed by atoms with van der Waals surface area (Å²) >= 11 is 0. The smallest absolute Gasteiger partial charge is 0.123 e. The van der Waals surface area contributed by atoms with E-state index in [-0.39, 0.29) is 0 Å². The van der Waals surface area contributed by atoms with Crippen LogP contribution in [-0.2, 0) is 0 Å². The van der Waals surface area contributed by atoms with Crippen molar-refractivity contribution in [3.05, 3.63) is 29.8 Å². The van der Waals surface area contributed by atoms with Crippen molar-refractivity contribution in [2.75, 3.05) is 27.2 Å². The second-order valence-corrected chi connectivity index (χ2v) is 6.48. The second-order valence-electron chi connectivity index (χ2n) is 6.48. The number of likely N-dealkylation sites (N-methyl/N-ethyl adjacent to an activating group) is 1. The SMILES string of the molecule is CNC(CN1CCC2CCCCC21)c1ccccc1OC. The van der Waals surface area contributed by atoms with E-state index in [0.29, 0.717) is 6.04 Å². The first-order chi connectivity index (χ1) is 10.3. The third-order valence-corrected chi connectivity index (χ3v) is 5.40. The van der Waals surface area contributed by atoms with Gasteiger partial charge in [-0.15, -0.1) is 0 Å². The Morgan fingerprint density at radius 2 is 2.05 bits per heavy atom. The number of fused-ring (bicyclic) bond motifs is 1. The lowest BCUT2D eigenvalue weighted by molar-refractivity contribution is 0.168. The normalized spacial score (nSPS) is 27.3.